The van der Waals surface area contributed by atoms with E-state index in [1.54, 1.807) is 37.3 Å². The van der Waals surface area contributed by atoms with Gasteiger partial charge in [0.2, 0.25) is 0 Å². The lowest BCUT2D eigenvalue weighted by atomic mass is 10.1. The molecule has 0 amide bonds. The molecule has 0 spiro atoms. The van der Waals surface area contributed by atoms with E-state index in [1.807, 2.05) is 20.8 Å². The smallest absolute Gasteiger partial charge is 0.410 e. The molecule has 8 heteroatoms. The number of benzene rings is 1. The van der Waals surface area contributed by atoms with Crippen molar-refractivity contribution >= 4 is 24.1 Å². The summed E-state index contributed by atoms with van der Waals surface area (Å²) in [6.45, 7) is 3.39. The zero-order chi connectivity index (χ0) is 17.7. The largest absolute Gasteiger partial charge is 0.468 e. The summed E-state index contributed by atoms with van der Waals surface area (Å²) in [5, 5.41) is 2.51. The summed E-state index contributed by atoms with van der Waals surface area (Å²) in [5.41, 5.74) is -0.496. The van der Waals surface area contributed by atoms with Gasteiger partial charge in [-0.3, -0.25) is 4.79 Å². The van der Waals surface area contributed by atoms with Crippen LogP contribution < -0.4 is 9.61 Å². The van der Waals surface area contributed by atoms with Crippen molar-refractivity contribution in [2.45, 2.75) is 45.4 Å². The highest BCUT2D eigenvalue weighted by Gasteiger charge is 2.36. The number of rotatable bonds is 7. The number of carbonyl (C=O) groups is 1. The molecule has 0 aliphatic heterocycles. The number of hydrogen-bond donors (Lipinski definition) is 1. The van der Waals surface area contributed by atoms with Gasteiger partial charge in [0, 0.05) is 11.2 Å². The number of methoxy groups -OCH3 is 1. The van der Waals surface area contributed by atoms with Crippen molar-refractivity contribution in [3.05, 3.63) is 30.3 Å². The van der Waals surface area contributed by atoms with Crippen molar-refractivity contribution in [2.75, 3.05) is 7.11 Å². The fourth-order valence-electron chi connectivity index (χ4n) is 1.91. The van der Waals surface area contributed by atoms with Gasteiger partial charge in [-0.1, -0.05) is 18.2 Å². The summed E-state index contributed by atoms with van der Waals surface area (Å²) in [7, 11) is 1.23. The summed E-state index contributed by atoms with van der Waals surface area (Å²) in [4.78, 5) is 12.0. The molecule has 6 nitrogen and oxygen atoms in total. The third kappa shape index (κ3) is 7.36. The highest BCUT2D eigenvalue weighted by Crippen LogP contribution is 2.49. The average molecular weight is 364 g/mol. The summed E-state index contributed by atoms with van der Waals surface area (Å²) in [6, 6.07) is 7.41. The van der Waals surface area contributed by atoms with Gasteiger partial charge in [0.1, 0.15) is 11.8 Å². The molecule has 0 heterocycles. The van der Waals surface area contributed by atoms with Gasteiger partial charge in [-0.25, -0.2) is 9.65 Å². The Morgan fingerprint density at radius 1 is 1.26 bits per heavy atom. The first-order chi connectivity index (χ1) is 10.5. The van der Waals surface area contributed by atoms with Gasteiger partial charge in [0.05, 0.1) is 18.8 Å². The SMILES string of the molecule is COC(=O)[C@@H](NP(=O)(Cl)Oc1ccccc1)[C@@H](C)OC(C)(C)C. The van der Waals surface area contributed by atoms with E-state index < -0.39 is 30.6 Å². The number of ether oxygens (including phenoxy) is 2. The number of carbonyl (C=O) groups excluding carboxylic acids is 1. The maximum atomic E-state index is 12.5. The minimum atomic E-state index is -3.82. The van der Waals surface area contributed by atoms with Gasteiger partial charge in [0.15, 0.2) is 0 Å². The van der Waals surface area contributed by atoms with E-state index in [9.17, 15) is 9.36 Å². The second kappa shape index (κ2) is 8.15. The lowest BCUT2D eigenvalue weighted by Crippen LogP contribution is -2.47. The molecule has 1 aromatic rings. The van der Waals surface area contributed by atoms with Crippen LogP contribution in [0.5, 0.6) is 5.75 Å². The number of esters is 1. The standard InChI is InChI=1S/C15H23ClNO5P/c1-11(21-15(2,3)4)13(14(18)20-5)17-23(16,19)22-12-9-7-6-8-10-12/h6-11,13H,1-5H3,(H,17,19)/t11-,13+,23?/m1/s1. The van der Waals surface area contributed by atoms with Crippen LogP contribution in [0, 0.1) is 0 Å². The highest BCUT2D eigenvalue weighted by atomic mass is 35.7. The number of hydrogen-bond acceptors (Lipinski definition) is 5. The Morgan fingerprint density at radius 3 is 2.30 bits per heavy atom. The normalized spacial score (nSPS) is 17.0. The molecule has 1 unspecified atom stereocenters. The Morgan fingerprint density at radius 2 is 1.83 bits per heavy atom. The topological polar surface area (TPSA) is 73.9 Å². The van der Waals surface area contributed by atoms with Crippen LogP contribution in [-0.2, 0) is 18.8 Å². The summed E-state index contributed by atoms with van der Waals surface area (Å²) >= 11 is 5.94. The van der Waals surface area contributed by atoms with E-state index in [4.69, 9.17) is 25.2 Å². The molecule has 0 aliphatic rings. The molecule has 0 aliphatic carbocycles. The van der Waals surface area contributed by atoms with E-state index in [-0.39, 0.29) is 0 Å². The fourth-order valence-corrected chi connectivity index (χ4v) is 3.56. The number of nitrogens with one attached hydrogen (secondary N) is 1. The monoisotopic (exact) mass is 363 g/mol. The lowest BCUT2D eigenvalue weighted by molar-refractivity contribution is -0.150. The van der Waals surface area contributed by atoms with Crippen LogP contribution in [0.25, 0.3) is 0 Å². The molecule has 0 saturated heterocycles. The van der Waals surface area contributed by atoms with Gasteiger partial charge in [-0.2, -0.15) is 0 Å². The summed E-state index contributed by atoms with van der Waals surface area (Å²) < 4.78 is 28.2. The van der Waals surface area contributed by atoms with E-state index in [2.05, 4.69) is 5.09 Å². The molecule has 23 heavy (non-hydrogen) atoms. The lowest BCUT2D eigenvalue weighted by Gasteiger charge is -2.30. The Hall–Kier alpha value is -1.07. The molecule has 0 saturated carbocycles. The van der Waals surface area contributed by atoms with E-state index in [0.29, 0.717) is 5.75 Å². The molecule has 1 rings (SSSR count). The van der Waals surface area contributed by atoms with Gasteiger partial charge >= 0.3 is 12.8 Å². The van der Waals surface area contributed by atoms with Gasteiger partial charge in [0.25, 0.3) is 0 Å². The molecule has 1 N–H and O–H groups in total. The first kappa shape index (κ1) is 20.0. The van der Waals surface area contributed by atoms with Crippen molar-refractivity contribution < 1.29 is 23.4 Å². The van der Waals surface area contributed by atoms with Gasteiger partial charge in [-0.05, 0) is 39.8 Å². The fraction of sp³-hybridized carbons (Fsp3) is 0.533. The Kier molecular flexibility index (Phi) is 7.08. The molecule has 3 atom stereocenters. The van der Waals surface area contributed by atoms with Crippen molar-refractivity contribution in [3.63, 3.8) is 0 Å². The number of para-hydroxylation sites is 1. The summed E-state index contributed by atoms with van der Waals surface area (Å²) in [5.74, 6) is -0.314. The third-order valence-electron chi connectivity index (χ3n) is 2.72. The number of halogens is 1. The maximum Gasteiger partial charge on any atom is 0.410 e. The minimum absolute atomic E-state index is 0.325. The quantitative estimate of drug-likeness (QED) is 0.587. The average Bonchev–Trinajstić information content (AvgIpc) is 2.42. The van der Waals surface area contributed by atoms with Gasteiger partial charge < -0.3 is 14.0 Å². The molecule has 0 bridgehead atoms. The molecule has 130 valence electrons. The van der Waals surface area contributed by atoms with Crippen molar-refractivity contribution in [1.82, 2.24) is 5.09 Å². The molecule has 0 aromatic heterocycles. The van der Waals surface area contributed by atoms with Crippen LogP contribution in [0.2, 0.25) is 0 Å². The molecule has 1 aromatic carbocycles. The van der Waals surface area contributed by atoms with Crippen LogP contribution in [0.4, 0.5) is 0 Å². The van der Waals surface area contributed by atoms with Crippen LogP contribution in [-0.4, -0.2) is 30.8 Å². The maximum absolute atomic E-state index is 12.5. The Labute approximate surface area is 141 Å². The van der Waals surface area contributed by atoms with Crippen LogP contribution in [0.1, 0.15) is 27.7 Å². The molecular weight excluding hydrogens is 341 g/mol. The van der Waals surface area contributed by atoms with Crippen molar-refractivity contribution in [2.24, 2.45) is 0 Å². The van der Waals surface area contributed by atoms with Crippen LogP contribution in [0.15, 0.2) is 30.3 Å². The predicted octanol–water partition coefficient (Wildman–Crippen LogP) is 3.75. The van der Waals surface area contributed by atoms with Crippen molar-refractivity contribution in [1.29, 1.82) is 0 Å². The van der Waals surface area contributed by atoms with Gasteiger partial charge in [-0.15, -0.1) is 0 Å². The zero-order valence-corrected chi connectivity index (χ0v) is 15.6. The van der Waals surface area contributed by atoms with Crippen molar-refractivity contribution in [3.8, 4) is 5.75 Å². The first-order valence-corrected chi connectivity index (χ1v) is 9.65. The molecule has 0 radical (unpaired) electrons. The van der Waals surface area contributed by atoms with Crippen LogP contribution >= 0.6 is 18.1 Å². The van der Waals surface area contributed by atoms with E-state index >= 15 is 0 Å². The van der Waals surface area contributed by atoms with Crippen LogP contribution in [0.3, 0.4) is 0 Å². The first-order valence-electron chi connectivity index (χ1n) is 7.12. The predicted molar refractivity (Wildman–Crippen MR) is 89.8 cm³/mol. The molecule has 0 fully saturated rings. The highest BCUT2D eigenvalue weighted by molar-refractivity contribution is 7.84. The summed E-state index contributed by atoms with van der Waals surface area (Å²) in [6.07, 6.45) is -0.631. The Balaban J connectivity index is 2.87. The second-order valence-corrected chi connectivity index (χ2v) is 8.68. The van der Waals surface area contributed by atoms with E-state index in [0.717, 1.165) is 0 Å². The third-order valence-corrected chi connectivity index (χ3v) is 4.26. The molecular formula is C15H23ClNO5P. The Bertz CT molecular complexity index is 561. The van der Waals surface area contributed by atoms with E-state index in [1.165, 1.54) is 7.11 Å². The second-order valence-electron chi connectivity index (χ2n) is 5.95. The zero-order valence-electron chi connectivity index (χ0n) is 13.9. The minimum Gasteiger partial charge on any atom is -0.468 e.